The standard InChI is InChI=1S/C24H30IN5O2/c1-17-5-6-18(2)29(17)26-23(31)13-15-28(22-11-9-21(25)10-12-22)16-14-24(32)27-30-19(3)7-8-20(30)4/h5-12H,13-16H2,1-4H3,(H,26,31)(H,27,32). The monoisotopic (exact) mass is 547 g/mol. The van der Waals surface area contributed by atoms with E-state index in [1.807, 2.05) is 76.2 Å². The second-order valence-corrected chi connectivity index (χ2v) is 9.18. The molecular weight excluding hydrogens is 517 g/mol. The normalized spacial score (nSPS) is 10.8. The van der Waals surface area contributed by atoms with Crippen LogP contribution in [0.4, 0.5) is 5.69 Å². The second-order valence-electron chi connectivity index (χ2n) is 7.94. The van der Waals surface area contributed by atoms with E-state index in [-0.39, 0.29) is 11.8 Å². The summed E-state index contributed by atoms with van der Waals surface area (Å²) in [6.07, 6.45) is 0.640. The number of halogens is 1. The van der Waals surface area contributed by atoms with Gasteiger partial charge in [-0.15, -0.1) is 0 Å². The molecule has 3 aromatic rings. The van der Waals surface area contributed by atoms with Crippen LogP contribution in [0.1, 0.15) is 35.6 Å². The summed E-state index contributed by atoms with van der Waals surface area (Å²) in [6, 6.07) is 16.0. The summed E-state index contributed by atoms with van der Waals surface area (Å²) in [6.45, 7) is 8.85. The van der Waals surface area contributed by atoms with Crippen molar-refractivity contribution in [3.63, 3.8) is 0 Å². The van der Waals surface area contributed by atoms with Gasteiger partial charge in [-0.25, -0.2) is 0 Å². The second kappa shape index (κ2) is 10.7. The number of anilines is 1. The van der Waals surface area contributed by atoms with E-state index in [2.05, 4.69) is 38.3 Å². The zero-order chi connectivity index (χ0) is 23.3. The highest BCUT2D eigenvalue weighted by molar-refractivity contribution is 14.1. The first-order valence-corrected chi connectivity index (χ1v) is 11.7. The summed E-state index contributed by atoms with van der Waals surface area (Å²) in [5.74, 6) is -0.128. The molecular formula is C24H30IN5O2. The van der Waals surface area contributed by atoms with Crippen LogP contribution in [0.2, 0.25) is 0 Å². The Labute approximate surface area is 202 Å². The number of hydrogen-bond donors (Lipinski definition) is 2. The molecule has 0 atom stereocenters. The number of amides is 2. The van der Waals surface area contributed by atoms with Gasteiger partial charge in [0, 0.05) is 58.0 Å². The van der Waals surface area contributed by atoms with Crippen LogP contribution < -0.4 is 15.8 Å². The maximum atomic E-state index is 12.6. The van der Waals surface area contributed by atoms with Crippen LogP contribution >= 0.6 is 22.6 Å². The topological polar surface area (TPSA) is 71.3 Å². The molecule has 0 aliphatic rings. The molecule has 170 valence electrons. The van der Waals surface area contributed by atoms with Gasteiger partial charge in [-0.3, -0.25) is 29.8 Å². The van der Waals surface area contributed by atoms with E-state index in [0.717, 1.165) is 32.0 Å². The van der Waals surface area contributed by atoms with Crippen LogP contribution in [-0.2, 0) is 9.59 Å². The van der Waals surface area contributed by atoms with Gasteiger partial charge in [0.1, 0.15) is 0 Å². The molecule has 32 heavy (non-hydrogen) atoms. The van der Waals surface area contributed by atoms with Crippen molar-refractivity contribution in [2.24, 2.45) is 0 Å². The fourth-order valence-corrected chi connectivity index (χ4v) is 3.91. The Balaban J connectivity index is 1.62. The predicted octanol–water partition coefficient (Wildman–Crippen LogP) is 4.26. The summed E-state index contributed by atoms with van der Waals surface area (Å²) >= 11 is 2.27. The summed E-state index contributed by atoms with van der Waals surface area (Å²) in [5.41, 5.74) is 10.8. The van der Waals surface area contributed by atoms with Gasteiger partial charge in [-0.2, -0.15) is 0 Å². The average Bonchev–Trinajstić information content (AvgIpc) is 3.25. The van der Waals surface area contributed by atoms with Gasteiger partial charge in [0.2, 0.25) is 11.8 Å². The smallest absolute Gasteiger partial charge is 0.240 e. The Kier molecular flexibility index (Phi) is 8.00. The molecule has 1 aromatic carbocycles. The molecule has 0 unspecified atom stereocenters. The van der Waals surface area contributed by atoms with Gasteiger partial charge in [0.15, 0.2) is 0 Å². The Morgan fingerprint density at radius 3 is 1.47 bits per heavy atom. The predicted molar refractivity (Wildman–Crippen MR) is 137 cm³/mol. The molecule has 0 aliphatic heterocycles. The van der Waals surface area contributed by atoms with E-state index in [1.54, 1.807) is 9.35 Å². The minimum absolute atomic E-state index is 0.0639. The lowest BCUT2D eigenvalue weighted by atomic mass is 10.2. The van der Waals surface area contributed by atoms with Gasteiger partial charge in [-0.1, -0.05) is 0 Å². The van der Waals surface area contributed by atoms with E-state index >= 15 is 0 Å². The first-order chi connectivity index (χ1) is 15.2. The first kappa shape index (κ1) is 23.9. The number of aromatic nitrogens is 2. The lowest BCUT2D eigenvalue weighted by molar-refractivity contribution is -0.117. The molecule has 0 radical (unpaired) electrons. The third-order valence-corrected chi connectivity index (χ3v) is 6.14. The number of hydrogen-bond acceptors (Lipinski definition) is 3. The molecule has 0 saturated heterocycles. The lowest BCUT2D eigenvalue weighted by Crippen LogP contribution is -2.34. The largest absolute Gasteiger partial charge is 0.370 e. The van der Waals surface area contributed by atoms with Crippen LogP contribution in [0.5, 0.6) is 0 Å². The first-order valence-electron chi connectivity index (χ1n) is 10.6. The minimum Gasteiger partial charge on any atom is -0.370 e. The highest BCUT2D eigenvalue weighted by Crippen LogP contribution is 2.17. The van der Waals surface area contributed by atoms with Crippen molar-refractivity contribution in [2.75, 3.05) is 28.8 Å². The van der Waals surface area contributed by atoms with Gasteiger partial charge >= 0.3 is 0 Å². The molecule has 2 amide bonds. The minimum atomic E-state index is -0.0639. The van der Waals surface area contributed by atoms with Crippen LogP contribution in [0.3, 0.4) is 0 Å². The zero-order valence-corrected chi connectivity index (χ0v) is 21.1. The molecule has 0 bridgehead atoms. The molecule has 0 aliphatic carbocycles. The zero-order valence-electron chi connectivity index (χ0n) is 19.0. The summed E-state index contributed by atoms with van der Waals surface area (Å²) in [4.78, 5) is 27.3. The Hall–Kier alpha value is -2.75. The van der Waals surface area contributed by atoms with Gasteiger partial charge in [-0.05, 0) is 98.8 Å². The number of carbonyl (C=O) groups is 2. The molecule has 2 N–H and O–H groups in total. The van der Waals surface area contributed by atoms with Crippen LogP contribution in [0.25, 0.3) is 0 Å². The molecule has 8 heteroatoms. The highest BCUT2D eigenvalue weighted by atomic mass is 127. The van der Waals surface area contributed by atoms with Crippen molar-refractivity contribution in [1.29, 1.82) is 0 Å². The molecule has 7 nitrogen and oxygen atoms in total. The molecule has 3 rings (SSSR count). The molecule has 2 aromatic heterocycles. The number of nitrogens with zero attached hydrogens (tertiary/aromatic N) is 3. The van der Waals surface area contributed by atoms with E-state index in [4.69, 9.17) is 0 Å². The average molecular weight is 547 g/mol. The summed E-state index contributed by atoms with van der Waals surface area (Å²) in [5, 5.41) is 0. The Morgan fingerprint density at radius 2 is 1.09 bits per heavy atom. The number of rotatable bonds is 9. The maximum absolute atomic E-state index is 12.6. The fourth-order valence-electron chi connectivity index (χ4n) is 3.55. The Bertz CT molecular complexity index is 981. The third kappa shape index (κ3) is 6.15. The SMILES string of the molecule is Cc1ccc(C)n1NC(=O)CCN(CCC(=O)Nn1c(C)ccc1C)c1ccc(I)cc1. The van der Waals surface area contributed by atoms with Crippen molar-refractivity contribution in [3.05, 3.63) is 74.9 Å². The number of aryl methyl sites for hydroxylation is 4. The van der Waals surface area contributed by atoms with E-state index in [0.29, 0.717) is 25.9 Å². The lowest BCUT2D eigenvalue weighted by Gasteiger charge is -2.25. The third-order valence-electron chi connectivity index (χ3n) is 5.42. The van der Waals surface area contributed by atoms with Crippen LogP contribution in [-0.4, -0.2) is 34.3 Å². The quantitative estimate of drug-likeness (QED) is 0.394. The summed E-state index contributed by atoms with van der Waals surface area (Å²) in [7, 11) is 0. The fraction of sp³-hybridized carbons (Fsp3) is 0.333. The Morgan fingerprint density at radius 1 is 0.719 bits per heavy atom. The highest BCUT2D eigenvalue weighted by Gasteiger charge is 2.14. The maximum Gasteiger partial charge on any atom is 0.240 e. The van der Waals surface area contributed by atoms with Crippen molar-refractivity contribution in [1.82, 2.24) is 9.35 Å². The van der Waals surface area contributed by atoms with Gasteiger partial charge in [0.25, 0.3) is 0 Å². The summed E-state index contributed by atoms with van der Waals surface area (Å²) < 4.78 is 4.73. The number of nitrogens with one attached hydrogen (secondary N) is 2. The van der Waals surface area contributed by atoms with E-state index in [1.165, 1.54) is 0 Å². The number of benzene rings is 1. The number of carbonyl (C=O) groups excluding carboxylic acids is 2. The van der Waals surface area contributed by atoms with E-state index < -0.39 is 0 Å². The van der Waals surface area contributed by atoms with Gasteiger partial charge < -0.3 is 4.90 Å². The van der Waals surface area contributed by atoms with Crippen LogP contribution in [0.15, 0.2) is 48.5 Å². The molecule has 2 heterocycles. The van der Waals surface area contributed by atoms with Crippen molar-refractivity contribution < 1.29 is 9.59 Å². The van der Waals surface area contributed by atoms with Gasteiger partial charge in [0.05, 0.1) is 0 Å². The van der Waals surface area contributed by atoms with Crippen molar-refractivity contribution >= 4 is 40.1 Å². The molecule has 0 spiro atoms. The molecule has 0 saturated carbocycles. The van der Waals surface area contributed by atoms with E-state index in [9.17, 15) is 9.59 Å². The van der Waals surface area contributed by atoms with Crippen molar-refractivity contribution in [3.8, 4) is 0 Å². The van der Waals surface area contributed by atoms with Crippen molar-refractivity contribution in [2.45, 2.75) is 40.5 Å². The van der Waals surface area contributed by atoms with Crippen LogP contribution in [0, 0.1) is 31.3 Å². The molecule has 0 fully saturated rings.